The zero-order valence-electron chi connectivity index (χ0n) is 16.3. The molecule has 0 aliphatic carbocycles. The summed E-state index contributed by atoms with van der Waals surface area (Å²) in [4.78, 5) is 27.7. The van der Waals surface area contributed by atoms with E-state index in [1.54, 1.807) is 0 Å². The Hall–Kier alpha value is -3.52. The maximum Gasteiger partial charge on any atom is 0.310 e. The molecule has 4 rings (SSSR count). The number of aromatic nitrogens is 3. The van der Waals surface area contributed by atoms with Gasteiger partial charge in [0.25, 0.3) is 5.91 Å². The van der Waals surface area contributed by atoms with E-state index in [2.05, 4.69) is 27.4 Å². The highest BCUT2D eigenvalue weighted by Crippen LogP contribution is 2.19. The third-order valence-electron chi connectivity index (χ3n) is 4.65. The molecule has 0 aliphatic heterocycles. The van der Waals surface area contributed by atoms with Crippen LogP contribution in [-0.4, -0.2) is 27.1 Å². The molecule has 0 fully saturated rings. The highest BCUT2D eigenvalue weighted by atomic mass is 32.1. The number of benzene rings is 2. The van der Waals surface area contributed by atoms with Crippen molar-refractivity contribution in [2.75, 3.05) is 5.32 Å². The van der Waals surface area contributed by atoms with E-state index in [1.165, 1.54) is 5.56 Å². The second-order valence-corrected chi connectivity index (χ2v) is 7.76. The fourth-order valence-corrected chi connectivity index (χ4v) is 3.69. The number of amides is 1. The van der Waals surface area contributed by atoms with Gasteiger partial charge in [0.15, 0.2) is 5.01 Å². The van der Waals surface area contributed by atoms with E-state index in [0.29, 0.717) is 10.7 Å². The van der Waals surface area contributed by atoms with Crippen LogP contribution in [0, 0.1) is 0 Å². The number of hydrogen-bond donors (Lipinski definition) is 2. The van der Waals surface area contributed by atoms with Crippen LogP contribution in [0.2, 0.25) is 0 Å². The standard InChI is InChI=1S/C22H20N4O3S/c1-2-14-7-9-16(10-8-14)24-21(28)22-26-25-19(30-22)13-29-20(27)11-15-12-23-18-6-4-3-5-17(15)18/h3-10,12,23H,2,11,13H2,1H3,(H,24,28). The summed E-state index contributed by atoms with van der Waals surface area (Å²) in [6, 6.07) is 15.4. The SMILES string of the molecule is CCc1ccc(NC(=O)c2nnc(COC(=O)Cc3c[nH]c4ccccc34)s2)cc1. The first-order chi connectivity index (χ1) is 14.6. The van der Waals surface area contributed by atoms with Gasteiger partial charge < -0.3 is 15.0 Å². The van der Waals surface area contributed by atoms with Gasteiger partial charge in [-0.1, -0.05) is 48.6 Å². The van der Waals surface area contributed by atoms with Crippen LogP contribution in [0.3, 0.4) is 0 Å². The Balaban J connectivity index is 1.31. The van der Waals surface area contributed by atoms with Crippen LogP contribution in [0.1, 0.15) is 32.9 Å². The fraction of sp³-hybridized carbons (Fsp3) is 0.182. The zero-order valence-corrected chi connectivity index (χ0v) is 17.2. The molecule has 0 aliphatic rings. The number of para-hydroxylation sites is 1. The van der Waals surface area contributed by atoms with Gasteiger partial charge in [-0.25, -0.2) is 0 Å². The van der Waals surface area contributed by atoms with Gasteiger partial charge in [0.05, 0.1) is 6.42 Å². The lowest BCUT2D eigenvalue weighted by atomic mass is 10.1. The molecule has 152 valence electrons. The van der Waals surface area contributed by atoms with Crippen molar-refractivity contribution >= 4 is 39.8 Å². The molecule has 30 heavy (non-hydrogen) atoms. The maximum absolute atomic E-state index is 12.3. The lowest BCUT2D eigenvalue weighted by Gasteiger charge is -2.03. The van der Waals surface area contributed by atoms with Crippen molar-refractivity contribution in [2.24, 2.45) is 0 Å². The van der Waals surface area contributed by atoms with Crippen LogP contribution >= 0.6 is 11.3 Å². The Labute approximate surface area is 177 Å². The van der Waals surface area contributed by atoms with Gasteiger partial charge in [-0.15, -0.1) is 10.2 Å². The molecule has 2 aromatic heterocycles. The largest absolute Gasteiger partial charge is 0.458 e. The van der Waals surface area contributed by atoms with E-state index in [1.807, 2.05) is 54.7 Å². The number of esters is 1. The molecule has 4 aromatic rings. The van der Waals surface area contributed by atoms with Gasteiger partial charge in [-0.05, 0) is 35.7 Å². The van der Waals surface area contributed by atoms with Crippen LogP contribution in [0.5, 0.6) is 0 Å². The number of hydrogen-bond acceptors (Lipinski definition) is 6. The minimum absolute atomic E-state index is 0.0165. The third-order valence-corrected chi connectivity index (χ3v) is 5.54. The normalized spacial score (nSPS) is 10.8. The van der Waals surface area contributed by atoms with Gasteiger partial charge in [0.1, 0.15) is 6.61 Å². The summed E-state index contributed by atoms with van der Waals surface area (Å²) >= 11 is 1.10. The molecule has 0 atom stereocenters. The van der Waals surface area contributed by atoms with Crippen molar-refractivity contribution in [1.82, 2.24) is 15.2 Å². The lowest BCUT2D eigenvalue weighted by Crippen LogP contribution is -2.11. The van der Waals surface area contributed by atoms with Gasteiger partial charge in [0, 0.05) is 22.8 Å². The topological polar surface area (TPSA) is 97.0 Å². The van der Waals surface area contributed by atoms with E-state index < -0.39 is 0 Å². The van der Waals surface area contributed by atoms with Crippen LogP contribution in [0.25, 0.3) is 10.9 Å². The van der Waals surface area contributed by atoms with Gasteiger partial charge in [-0.3, -0.25) is 9.59 Å². The van der Waals surface area contributed by atoms with E-state index in [0.717, 1.165) is 34.2 Å². The fourth-order valence-electron chi connectivity index (χ4n) is 3.04. The first kappa shape index (κ1) is 19.8. The maximum atomic E-state index is 12.3. The summed E-state index contributed by atoms with van der Waals surface area (Å²) in [7, 11) is 0. The number of ether oxygens (including phenoxy) is 1. The summed E-state index contributed by atoms with van der Waals surface area (Å²) in [6.07, 6.45) is 2.91. The predicted molar refractivity (Wildman–Crippen MR) is 115 cm³/mol. The summed E-state index contributed by atoms with van der Waals surface area (Å²) in [5.41, 5.74) is 3.74. The molecule has 0 unspecified atom stereocenters. The number of carbonyl (C=O) groups is 2. The van der Waals surface area contributed by atoms with E-state index in [4.69, 9.17) is 4.74 Å². The van der Waals surface area contributed by atoms with Crippen molar-refractivity contribution < 1.29 is 14.3 Å². The van der Waals surface area contributed by atoms with Crippen LogP contribution < -0.4 is 5.32 Å². The number of rotatable bonds is 7. The monoisotopic (exact) mass is 420 g/mol. The van der Waals surface area contributed by atoms with Crippen LogP contribution in [0.4, 0.5) is 5.69 Å². The smallest absolute Gasteiger partial charge is 0.310 e. The molecule has 8 heteroatoms. The molecule has 0 spiro atoms. The number of anilines is 1. The molecule has 7 nitrogen and oxygen atoms in total. The minimum Gasteiger partial charge on any atom is -0.458 e. The highest BCUT2D eigenvalue weighted by molar-refractivity contribution is 7.13. The van der Waals surface area contributed by atoms with Crippen LogP contribution in [-0.2, 0) is 29.0 Å². The number of carbonyl (C=O) groups excluding carboxylic acids is 2. The number of nitrogens with one attached hydrogen (secondary N) is 2. The number of aromatic amines is 1. The zero-order chi connectivity index (χ0) is 20.9. The summed E-state index contributed by atoms with van der Waals surface area (Å²) < 4.78 is 5.31. The van der Waals surface area contributed by atoms with Crippen molar-refractivity contribution in [1.29, 1.82) is 0 Å². The average molecular weight is 420 g/mol. The summed E-state index contributed by atoms with van der Waals surface area (Å²) in [6.45, 7) is 2.06. The van der Waals surface area contributed by atoms with Gasteiger partial charge in [-0.2, -0.15) is 0 Å². The molecule has 0 radical (unpaired) electrons. The molecule has 0 saturated carbocycles. The molecule has 0 bridgehead atoms. The molecule has 2 N–H and O–H groups in total. The van der Waals surface area contributed by atoms with Crippen molar-refractivity contribution in [3.8, 4) is 0 Å². The Morgan fingerprint density at radius 3 is 2.70 bits per heavy atom. The Morgan fingerprint density at radius 2 is 1.90 bits per heavy atom. The number of nitrogens with zero attached hydrogens (tertiary/aromatic N) is 2. The van der Waals surface area contributed by atoms with Crippen LogP contribution in [0.15, 0.2) is 54.7 Å². The number of fused-ring (bicyclic) bond motifs is 1. The Bertz CT molecular complexity index is 1180. The molecule has 0 saturated heterocycles. The molecular formula is C22H20N4O3S. The number of H-pyrrole nitrogens is 1. The molecule has 2 aromatic carbocycles. The van der Waals surface area contributed by atoms with Crippen molar-refractivity contribution in [2.45, 2.75) is 26.4 Å². The lowest BCUT2D eigenvalue weighted by molar-refractivity contribution is -0.144. The Morgan fingerprint density at radius 1 is 1.10 bits per heavy atom. The van der Waals surface area contributed by atoms with E-state index >= 15 is 0 Å². The second-order valence-electron chi connectivity index (χ2n) is 6.70. The summed E-state index contributed by atoms with van der Waals surface area (Å²) in [5.74, 6) is -0.704. The molecular weight excluding hydrogens is 400 g/mol. The molecule has 1 amide bonds. The van der Waals surface area contributed by atoms with Crippen molar-refractivity contribution in [3.05, 3.63) is 75.9 Å². The number of aryl methyl sites for hydroxylation is 1. The van der Waals surface area contributed by atoms with Gasteiger partial charge in [0.2, 0.25) is 5.01 Å². The van der Waals surface area contributed by atoms with Crippen molar-refractivity contribution in [3.63, 3.8) is 0 Å². The van der Waals surface area contributed by atoms with Gasteiger partial charge >= 0.3 is 5.97 Å². The Kier molecular flexibility index (Phi) is 5.85. The first-order valence-corrected chi connectivity index (χ1v) is 10.4. The average Bonchev–Trinajstić information content (AvgIpc) is 3.40. The first-order valence-electron chi connectivity index (χ1n) is 9.55. The summed E-state index contributed by atoms with van der Waals surface area (Å²) in [5, 5.41) is 12.3. The third kappa shape index (κ3) is 4.55. The van der Waals surface area contributed by atoms with E-state index in [9.17, 15) is 9.59 Å². The second kappa shape index (κ2) is 8.87. The quantitative estimate of drug-likeness (QED) is 0.438. The molecule has 2 heterocycles. The predicted octanol–water partition coefficient (Wildman–Crippen LogP) is 4.12. The minimum atomic E-state index is -0.364. The van der Waals surface area contributed by atoms with E-state index in [-0.39, 0.29) is 29.9 Å². The highest BCUT2D eigenvalue weighted by Gasteiger charge is 2.15.